The number of hydrogen-bond donors (Lipinski definition) is 3. The molecule has 3 rings (SSSR count). The van der Waals surface area contributed by atoms with E-state index in [1.54, 1.807) is 11.3 Å². The van der Waals surface area contributed by atoms with Gasteiger partial charge >= 0.3 is 0 Å². The lowest BCUT2D eigenvalue weighted by molar-refractivity contribution is -0.122. The van der Waals surface area contributed by atoms with Crippen molar-refractivity contribution in [3.63, 3.8) is 0 Å². The van der Waals surface area contributed by atoms with Crippen LogP contribution in [0.25, 0.3) is 5.57 Å². The Bertz CT molecular complexity index is 1130. The molecule has 0 unspecified atom stereocenters. The van der Waals surface area contributed by atoms with E-state index in [0.717, 1.165) is 36.2 Å². The number of piperidine rings is 1. The van der Waals surface area contributed by atoms with Gasteiger partial charge in [0.15, 0.2) is 0 Å². The van der Waals surface area contributed by atoms with Crippen molar-refractivity contribution < 1.29 is 14.7 Å². The molecule has 3 N–H and O–H groups in total. The lowest BCUT2D eigenvalue weighted by Crippen LogP contribution is -2.42. The van der Waals surface area contributed by atoms with Gasteiger partial charge in [-0.15, -0.1) is 11.3 Å². The fraction of sp³-hybridized carbons (Fsp3) is 0.536. The largest absolute Gasteiger partial charge is 0.483 e. The molecule has 1 saturated heterocycles. The Kier molecular flexibility index (Phi) is 12.2. The Morgan fingerprint density at radius 3 is 2.49 bits per heavy atom. The van der Waals surface area contributed by atoms with Crippen LogP contribution in [0.1, 0.15) is 70.2 Å². The first kappa shape index (κ1) is 30.5. The number of aromatic amines is 1. The number of likely N-dealkylation sites (tertiary alicyclic amines) is 1. The molecule has 0 spiro atoms. The molecule has 0 saturated carbocycles. The number of pyridine rings is 1. The number of amides is 1. The Morgan fingerprint density at radius 1 is 1.27 bits per heavy atom. The Hall–Kier alpha value is -2.75. The van der Waals surface area contributed by atoms with E-state index < -0.39 is 0 Å². The Balaban J connectivity index is 0.00000153. The second kappa shape index (κ2) is 14.9. The van der Waals surface area contributed by atoms with Crippen LogP contribution < -0.4 is 10.9 Å². The summed E-state index contributed by atoms with van der Waals surface area (Å²) in [6, 6.07) is 2.65. The van der Waals surface area contributed by atoms with Gasteiger partial charge in [-0.2, -0.15) is 0 Å². The highest BCUT2D eigenvalue weighted by atomic mass is 32.1. The van der Waals surface area contributed by atoms with Crippen LogP contribution >= 0.6 is 11.3 Å². The second-order valence-electron chi connectivity index (χ2n) is 9.79. The van der Waals surface area contributed by atoms with Crippen molar-refractivity contribution in [3.05, 3.63) is 60.7 Å². The van der Waals surface area contributed by atoms with Gasteiger partial charge in [-0.25, -0.2) is 0 Å². The lowest BCUT2D eigenvalue weighted by Gasteiger charge is -2.35. The SMILES string of the molecule is CC=C(CCCN1CCC(N(C)C)CC1)c1scc(C(=O)NCc2c(C)cc(C)[nH]c2=O)c1C.O=CO. The van der Waals surface area contributed by atoms with Gasteiger partial charge in [0.25, 0.3) is 17.9 Å². The highest BCUT2D eigenvalue weighted by molar-refractivity contribution is 7.11. The third-order valence-electron chi connectivity index (χ3n) is 7.05. The van der Waals surface area contributed by atoms with E-state index in [0.29, 0.717) is 17.2 Å². The number of nitrogens with zero attached hydrogens (tertiary/aromatic N) is 2. The summed E-state index contributed by atoms with van der Waals surface area (Å²) in [5.74, 6) is -0.126. The number of rotatable bonds is 9. The maximum absolute atomic E-state index is 12.9. The van der Waals surface area contributed by atoms with Crippen LogP contribution in [0.2, 0.25) is 0 Å². The minimum atomic E-state index is -0.250. The van der Waals surface area contributed by atoms with Crippen molar-refractivity contribution in [1.82, 2.24) is 20.1 Å². The molecule has 1 amide bonds. The predicted molar refractivity (Wildman–Crippen MR) is 151 cm³/mol. The van der Waals surface area contributed by atoms with Crippen molar-refractivity contribution in [1.29, 1.82) is 0 Å². The summed E-state index contributed by atoms with van der Waals surface area (Å²) in [4.78, 5) is 42.5. The van der Waals surface area contributed by atoms with Crippen molar-refractivity contribution in [3.8, 4) is 0 Å². The van der Waals surface area contributed by atoms with E-state index in [2.05, 4.69) is 47.2 Å². The van der Waals surface area contributed by atoms with Crippen molar-refractivity contribution in [2.75, 3.05) is 33.7 Å². The highest BCUT2D eigenvalue weighted by Gasteiger charge is 2.21. The predicted octanol–water partition coefficient (Wildman–Crippen LogP) is 4.20. The average molecular weight is 531 g/mol. The first-order chi connectivity index (χ1) is 17.6. The quantitative estimate of drug-likeness (QED) is 0.420. The van der Waals surface area contributed by atoms with Crippen molar-refractivity contribution in [2.24, 2.45) is 0 Å². The summed E-state index contributed by atoms with van der Waals surface area (Å²) >= 11 is 1.64. The molecular formula is C28H42N4O4S. The van der Waals surface area contributed by atoms with Gasteiger partial charge in [0.1, 0.15) is 0 Å². The van der Waals surface area contributed by atoms with Crippen LogP contribution in [0.15, 0.2) is 22.3 Å². The molecule has 0 aromatic carbocycles. The molecule has 2 aromatic rings. The minimum Gasteiger partial charge on any atom is -0.483 e. The zero-order valence-electron chi connectivity index (χ0n) is 23.0. The number of aryl methyl sites for hydroxylation is 2. The van der Waals surface area contributed by atoms with Gasteiger partial charge in [0.2, 0.25) is 0 Å². The normalized spacial score (nSPS) is 14.8. The molecule has 0 bridgehead atoms. The molecule has 3 heterocycles. The van der Waals surface area contributed by atoms with E-state index in [1.807, 2.05) is 32.2 Å². The number of nitrogens with one attached hydrogen (secondary N) is 2. The number of hydrogen-bond acceptors (Lipinski definition) is 6. The number of carbonyl (C=O) groups is 2. The molecule has 9 heteroatoms. The summed E-state index contributed by atoms with van der Waals surface area (Å²) in [6.45, 7) is 11.3. The van der Waals surface area contributed by atoms with Crippen molar-refractivity contribution >= 4 is 29.3 Å². The van der Waals surface area contributed by atoms with Gasteiger partial charge in [-0.05, 0) is 110 Å². The molecule has 0 atom stereocenters. The maximum Gasteiger partial charge on any atom is 0.290 e. The third kappa shape index (κ3) is 8.66. The Morgan fingerprint density at radius 2 is 1.92 bits per heavy atom. The topological polar surface area (TPSA) is 106 Å². The van der Waals surface area contributed by atoms with Crippen molar-refractivity contribution in [2.45, 2.75) is 66.0 Å². The van der Waals surface area contributed by atoms with Crippen LogP contribution in [-0.4, -0.2) is 72.0 Å². The van der Waals surface area contributed by atoms with Crippen LogP contribution in [0.3, 0.4) is 0 Å². The average Bonchev–Trinajstić information content (AvgIpc) is 3.23. The zero-order valence-corrected chi connectivity index (χ0v) is 23.8. The number of allylic oxidation sites excluding steroid dienone is 2. The number of carboxylic acid groups (broad SMARTS) is 1. The van der Waals surface area contributed by atoms with E-state index in [-0.39, 0.29) is 24.5 Å². The van der Waals surface area contributed by atoms with E-state index in [4.69, 9.17) is 9.90 Å². The smallest absolute Gasteiger partial charge is 0.290 e. The standard InChI is InChI=1S/C27H40N4O2S.CH2O2/c1-7-21(9-8-12-31-13-10-22(11-14-31)30(5)6)25-20(4)24(17-34-25)26(32)28-16-23-18(2)15-19(3)29-27(23)33;2-1-3/h7,15,17,22H,8-14,16H2,1-6H3,(H,28,32)(H,29,33);1H,(H,2,3). The summed E-state index contributed by atoms with van der Waals surface area (Å²) < 4.78 is 0. The fourth-order valence-corrected chi connectivity index (χ4v) is 6.04. The fourth-order valence-electron chi connectivity index (χ4n) is 4.86. The van der Waals surface area contributed by atoms with Gasteiger partial charge < -0.3 is 25.2 Å². The summed E-state index contributed by atoms with van der Waals surface area (Å²) in [6.07, 6.45) is 6.83. The first-order valence-electron chi connectivity index (χ1n) is 12.8. The van der Waals surface area contributed by atoms with Crippen LogP contribution in [0, 0.1) is 20.8 Å². The molecule has 2 aromatic heterocycles. The zero-order chi connectivity index (χ0) is 27.5. The molecule has 0 radical (unpaired) electrons. The lowest BCUT2D eigenvalue weighted by atomic mass is 10.0. The molecule has 1 aliphatic rings. The number of carbonyl (C=O) groups excluding carboxylic acids is 1. The number of thiophene rings is 1. The van der Waals surface area contributed by atoms with Gasteiger partial charge in [-0.1, -0.05) is 6.08 Å². The molecule has 1 aliphatic heterocycles. The molecule has 1 fully saturated rings. The summed E-state index contributed by atoms with van der Waals surface area (Å²) in [5.41, 5.74) is 5.23. The molecule has 0 aliphatic carbocycles. The van der Waals surface area contributed by atoms with Crippen LogP contribution in [0.4, 0.5) is 0 Å². The van der Waals surface area contributed by atoms with Gasteiger partial charge in [0.05, 0.1) is 5.56 Å². The van der Waals surface area contributed by atoms with Crippen LogP contribution in [-0.2, 0) is 11.3 Å². The molecule has 37 heavy (non-hydrogen) atoms. The van der Waals surface area contributed by atoms with E-state index in [9.17, 15) is 9.59 Å². The maximum atomic E-state index is 12.9. The first-order valence-corrected chi connectivity index (χ1v) is 13.7. The summed E-state index contributed by atoms with van der Waals surface area (Å²) in [7, 11) is 4.36. The monoisotopic (exact) mass is 530 g/mol. The third-order valence-corrected chi connectivity index (χ3v) is 8.21. The van der Waals surface area contributed by atoms with Gasteiger partial charge in [0, 0.05) is 34.1 Å². The van der Waals surface area contributed by atoms with Crippen LogP contribution in [0.5, 0.6) is 0 Å². The highest BCUT2D eigenvalue weighted by Crippen LogP contribution is 2.31. The minimum absolute atomic E-state index is 0.126. The Labute approximate surface area is 224 Å². The second-order valence-corrected chi connectivity index (χ2v) is 10.7. The summed E-state index contributed by atoms with van der Waals surface area (Å²) in [5, 5.41) is 11.8. The van der Waals surface area contributed by atoms with E-state index in [1.165, 1.54) is 36.4 Å². The number of aromatic nitrogens is 1. The van der Waals surface area contributed by atoms with E-state index >= 15 is 0 Å². The number of H-pyrrole nitrogens is 1. The van der Waals surface area contributed by atoms with Gasteiger partial charge in [-0.3, -0.25) is 14.4 Å². The molecular weight excluding hydrogens is 488 g/mol. The molecule has 204 valence electrons. The molecule has 8 nitrogen and oxygen atoms in total.